The Balaban J connectivity index is -0.0000000450. The summed E-state index contributed by atoms with van der Waals surface area (Å²) in [6, 6.07) is 0. The standard InChI is InChI=1S/CH2O2S.Li.H/c2-1-3-4;;/h1,4H;;/q;+1;-1. The third-order valence-electron chi connectivity index (χ3n) is 0.0430. The van der Waals surface area contributed by atoms with Crippen LogP contribution in [-0.2, 0) is 8.98 Å². The first-order valence-electron chi connectivity index (χ1n) is 0.654. The van der Waals surface area contributed by atoms with Gasteiger partial charge in [-0.05, 0) is 0 Å². The van der Waals surface area contributed by atoms with Gasteiger partial charge in [-0.3, -0.25) is 4.79 Å². The zero-order valence-electron chi connectivity index (χ0n) is 3.84. The van der Waals surface area contributed by atoms with E-state index in [4.69, 9.17) is 4.79 Å². The summed E-state index contributed by atoms with van der Waals surface area (Å²) in [5.41, 5.74) is 0. The first-order chi connectivity index (χ1) is 1.91. The smallest absolute Gasteiger partial charge is 1.00 e. The molecule has 5 heavy (non-hydrogen) atoms. The minimum Gasteiger partial charge on any atom is -1.00 e. The summed E-state index contributed by atoms with van der Waals surface area (Å²) in [6.45, 7) is 0.239. The van der Waals surface area contributed by atoms with E-state index in [1.807, 2.05) is 0 Å². The zero-order valence-corrected chi connectivity index (χ0v) is 3.74. The minimum absolute atomic E-state index is 0. The van der Waals surface area contributed by atoms with E-state index in [1.54, 1.807) is 0 Å². The van der Waals surface area contributed by atoms with E-state index in [1.165, 1.54) is 0 Å². The molecule has 0 aliphatic carbocycles. The van der Waals surface area contributed by atoms with E-state index in [0.29, 0.717) is 0 Å². The molecule has 4 heteroatoms. The summed E-state index contributed by atoms with van der Waals surface area (Å²) in [4.78, 5) is 8.88. The van der Waals surface area contributed by atoms with Gasteiger partial charge in [0.05, 0.1) is 0 Å². The fraction of sp³-hybridized carbons (Fsp3) is 0. The van der Waals surface area contributed by atoms with Gasteiger partial charge in [0.15, 0.2) is 0 Å². The Morgan fingerprint density at radius 3 is 2.20 bits per heavy atom. The van der Waals surface area contributed by atoms with Gasteiger partial charge in [-0.1, -0.05) is 0 Å². The molecule has 0 saturated carbocycles. The molecule has 0 radical (unpaired) electrons. The van der Waals surface area contributed by atoms with Gasteiger partial charge in [0.2, 0.25) is 0 Å². The van der Waals surface area contributed by atoms with Crippen molar-refractivity contribution in [2.45, 2.75) is 0 Å². The van der Waals surface area contributed by atoms with E-state index < -0.39 is 0 Å². The van der Waals surface area contributed by atoms with Gasteiger partial charge in [-0.25, -0.2) is 0 Å². The molecule has 0 unspecified atom stereocenters. The van der Waals surface area contributed by atoms with Gasteiger partial charge >= 0.3 is 25.3 Å². The number of carbonyl (C=O) groups excluding carboxylic acids is 1. The normalized spacial score (nSPS) is 4.20. The Hall–Kier alpha value is 0.417. The molecule has 0 aromatic carbocycles. The second kappa shape index (κ2) is 8.83. The Morgan fingerprint density at radius 1 is 2.00 bits per heavy atom. The van der Waals surface area contributed by atoms with Crippen LogP contribution in [0.1, 0.15) is 1.43 Å². The average molecular weight is 86.0 g/mol. The van der Waals surface area contributed by atoms with E-state index in [9.17, 15) is 0 Å². The molecule has 0 amide bonds. The van der Waals surface area contributed by atoms with Crippen LogP contribution in [-0.4, -0.2) is 6.47 Å². The minimum atomic E-state index is 0. The topological polar surface area (TPSA) is 26.3 Å². The molecule has 0 bridgehead atoms. The van der Waals surface area contributed by atoms with E-state index in [2.05, 4.69) is 17.1 Å². The first-order valence-corrected chi connectivity index (χ1v) is 1.02. The molecule has 0 rings (SSSR count). The second-order valence-electron chi connectivity index (χ2n) is 0.202. The maximum Gasteiger partial charge on any atom is 1.00 e. The third-order valence-corrected chi connectivity index (χ3v) is 0.129. The van der Waals surface area contributed by atoms with Crippen LogP contribution < -0.4 is 18.9 Å². The van der Waals surface area contributed by atoms with Crippen molar-refractivity contribution in [3.05, 3.63) is 0 Å². The maximum atomic E-state index is 8.88. The van der Waals surface area contributed by atoms with Crippen molar-refractivity contribution in [2.24, 2.45) is 0 Å². The number of thiol groups is 1. The molecule has 0 spiro atoms. The average Bonchev–Trinajstić information content (AvgIpc) is 1.37. The van der Waals surface area contributed by atoms with Gasteiger partial charge in [0, 0.05) is 12.9 Å². The molecular formula is CH3LiO2S. The van der Waals surface area contributed by atoms with Crippen molar-refractivity contribution >= 4 is 19.4 Å². The molecule has 26 valence electrons. The fourth-order valence-corrected chi connectivity index (χ4v) is 0. The number of hydrogen-bond donors (Lipinski definition) is 1. The molecule has 0 aliphatic rings. The van der Waals surface area contributed by atoms with Crippen LogP contribution in [0.25, 0.3) is 0 Å². The molecular weight excluding hydrogens is 83.0 g/mol. The molecule has 0 saturated heterocycles. The second-order valence-corrected chi connectivity index (χ2v) is 0.412. The molecule has 2 nitrogen and oxygen atoms in total. The summed E-state index contributed by atoms with van der Waals surface area (Å²) in [6.07, 6.45) is 0. The first kappa shape index (κ1) is 9.05. The molecule has 0 atom stereocenters. The molecule has 0 aromatic rings. The van der Waals surface area contributed by atoms with Crippen molar-refractivity contribution in [3.63, 3.8) is 0 Å². The summed E-state index contributed by atoms with van der Waals surface area (Å²) in [7, 11) is 0. The van der Waals surface area contributed by atoms with Crippen molar-refractivity contribution in [1.82, 2.24) is 0 Å². The van der Waals surface area contributed by atoms with Crippen molar-refractivity contribution < 1.29 is 29.3 Å². The Kier molecular flexibility index (Phi) is 16.0. The number of carbonyl (C=O) groups is 1. The van der Waals surface area contributed by atoms with Gasteiger partial charge < -0.3 is 5.61 Å². The van der Waals surface area contributed by atoms with Crippen molar-refractivity contribution in [2.75, 3.05) is 0 Å². The van der Waals surface area contributed by atoms with E-state index >= 15 is 0 Å². The van der Waals surface area contributed by atoms with Crippen LogP contribution in [0.3, 0.4) is 0 Å². The SMILES string of the molecule is O=COS.[H-].[Li+]. The van der Waals surface area contributed by atoms with Crippen molar-refractivity contribution in [3.8, 4) is 0 Å². The zero-order chi connectivity index (χ0) is 3.41. The molecule has 0 aliphatic heterocycles. The maximum absolute atomic E-state index is 8.88. The summed E-state index contributed by atoms with van der Waals surface area (Å²) >= 11 is 3.05. The van der Waals surface area contributed by atoms with Crippen LogP contribution >= 0.6 is 12.9 Å². The predicted octanol–water partition coefficient (Wildman–Crippen LogP) is -2.88. The molecule has 0 aromatic heterocycles. The quantitative estimate of drug-likeness (QED) is 0.160. The van der Waals surface area contributed by atoms with Crippen LogP contribution in [0.2, 0.25) is 0 Å². The molecule has 0 N–H and O–H groups in total. The summed E-state index contributed by atoms with van der Waals surface area (Å²) in [5.74, 6) is 0. The van der Waals surface area contributed by atoms with Crippen LogP contribution in [0, 0.1) is 0 Å². The molecule has 0 heterocycles. The largest absolute Gasteiger partial charge is 1.00 e. The molecule has 0 fully saturated rings. The van der Waals surface area contributed by atoms with Gasteiger partial charge in [-0.2, -0.15) is 0 Å². The monoisotopic (exact) mass is 86.0 g/mol. The third kappa shape index (κ3) is 12.8. The Bertz CT molecular complexity index is 27.5. The van der Waals surface area contributed by atoms with Crippen LogP contribution in [0.5, 0.6) is 0 Å². The Morgan fingerprint density at radius 2 is 2.20 bits per heavy atom. The van der Waals surface area contributed by atoms with Crippen LogP contribution in [0.4, 0.5) is 0 Å². The van der Waals surface area contributed by atoms with Crippen molar-refractivity contribution in [1.29, 1.82) is 0 Å². The Labute approximate surface area is 49.2 Å². The summed E-state index contributed by atoms with van der Waals surface area (Å²) in [5, 5.41) is 0. The van der Waals surface area contributed by atoms with E-state index in [-0.39, 0.29) is 26.8 Å². The fourth-order valence-electron chi connectivity index (χ4n) is 0. The van der Waals surface area contributed by atoms with Gasteiger partial charge in [0.25, 0.3) is 0 Å². The number of hydrogen-bond acceptors (Lipinski definition) is 3. The predicted molar refractivity (Wildman–Crippen MR) is 17.2 cm³/mol. The number of rotatable bonds is 1. The van der Waals surface area contributed by atoms with Gasteiger partial charge in [-0.15, -0.1) is 0 Å². The van der Waals surface area contributed by atoms with Gasteiger partial charge in [0.1, 0.15) is 0 Å². The van der Waals surface area contributed by atoms with Crippen LogP contribution in [0.15, 0.2) is 0 Å². The summed E-state index contributed by atoms with van der Waals surface area (Å²) < 4.78 is 3.56. The van der Waals surface area contributed by atoms with E-state index in [0.717, 1.165) is 0 Å².